The molecule has 1 saturated heterocycles. The minimum Gasteiger partial charge on any atom is -0.368 e. The third-order valence-corrected chi connectivity index (χ3v) is 4.29. The van der Waals surface area contributed by atoms with Crippen molar-refractivity contribution in [3.05, 3.63) is 71.4 Å². The highest BCUT2D eigenvalue weighted by Crippen LogP contribution is 2.15. The predicted molar refractivity (Wildman–Crippen MR) is 99.2 cm³/mol. The Bertz CT molecular complexity index is 692. The van der Waals surface area contributed by atoms with Crippen LogP contribution in [0.1, 0.15) is 5.56 Å². The first-order valence-corrected chi connectivity index (χ1v) is 8.38. The van der Waals surface area contributed by atoms with Crippen molar-refractivity contribution in [2.75, 3.05) is 31.1 Å². The first-order valence-electron chi connectivity index (χ1n) is 8.00. The van der Waals surface area contributed by atoms with Gasteiger partial charge in [-0.2, -0.15) is 0 Å². The summed E-state index contributed by atoms with van der Waals surface area (Å²) in [4.78, 5) is 16.3. The smallest absolute Gasteiger partial charge is 0.321 e. The van der Waals surface area contributed by atoms with Crippen molar-refractivity contribution in [2.45, 2.75) is 0 Å². The minimum atomic E-state index is -0.0621. The lowest BCUT2D eigenvalue weighted by molar-refractivity contribution is 0.198. The van der Waals surface area contributed by atoms with Crippen LogP contribution in [0, 0.1) is 0 Å². The topological polar surface area (TPSA) is 35.6 Å². The number of carbonyl (C=O) groups excluding carboxylic acids is 1. The summed E-state index contributed by atoms with van der Waals surface area (Å²) in [5.74, 6) is 0. The van der Waals surface area contributed by atoms with Gasteiger partial charge in [-0.1, -0.05) is 41.9 Å². The Morgan fingerprint density at radius 1 is 0.958 bits per heavy atom. The second-order valence-corrected chi connectivity index (χ2v) is 6.08. The number of hydrogen-bond acceptors (Lipinski definition) is 2. The number of halogens is 1. The van der Waals surface area contributed by atoms with Gasteiger partial charge in [-0.05, 0) is 35.9 Å². The number of benzene rings is 2. The fraction of sp³-hybridized carbons (Fsp3) is 0.211. The molecule has 0 bridgehead atoms. The van der Waals surface area contributed by atoms with Crippen LogP contribution < -0.4 is 10.2 Å². The van der Waals surface area contributed by atoms with Crippen molar-refractivity contribution in [3.8, 4) is 0 Å². The van der Waals surface area contributed by atoms with Crippen molar-refractivity contribution in [2.24, 2.45) is 0 Å². The van der Waals surface area contributed by atoms with Crippen molar-refractivity contribution >= 4 is 29.4 Å². The lowest BCUT2D eigenvalue weighted by Crippen LogP contribution is -2.51. The van der Waals surface area contributed by atoms with E-state index >= 15 is 0 Å². The molecular weight excluding hydrogens is 322 g/mol. The largest absolute Gasteiger partial charge is 0.368 e. The molecule has 0 spiro atoms. The van der Waals surface area contributed by atoms with Crippen LogP contribution in [-0.4, -0.2) is 37.1 Å². The molecule has 0 radical (unpaired) electrons. The van der Waals surface area contributed by atoms with Crippen molar-refractivity contribution < 1.29 is 4.79 Å². The molecule has 0 atom stereocenters. The predicted octanol–water partition coefficient (Wildman–Crippen LogP) is 3.84. The summed E-state index contributed by atoms with van der Waals surface area (Å²) in [7, 11) is 0. The van der Waals surface area contributed by atoms with Crippen LogP contribution in [0.4, 0.5) is 10.5 Å². The van der Waals surface area contributed by atoms with Crippen LogP contribution in [-0.2, 0) is 0 Å². The molecular formula is C19H20ClN3O. The molecule has 0 aromatic heterocycles. The minimum absolute atomic E-state index is 0.0621. The molecule has 4 nitrogen and oxygen atoms in total. The zero-order valence-corrected chi connectivity index (χ0v) is 14.1. The Kier molecular flexibility index (Phi) is 5.39. The number of hydrogen-bond donors (Lipinski definition) is 1. The molecule has 2 aromatic carbocycles. The van der Waals surface area contributed by atoms with E-state index in [-0.39, 0.29) is 6.03 Å². The van der Waals surface area contributed by atoms with Gasteiger partial charge in [-0.25, -0.2) is 4.79 Å². The first-order chi connectivity index (χ1) is 11.7. The summed E-state index contributed by atoms with van der Waals surface area (Å²) in [5.41, 5.74) is 2.20. The number of nitrogens with zero attached hydrogens (tertiary/aromatic N) is 2. The van der Waals surface area contributed by atoms with E-state index in [1.807, 2.05) is 53.4 Å². The Hall–Kier alpha value is -2.46. The van der Waals surface area contributed by atoms with Gasteiger partial charge in [0.25, 0.3) is 0 Å². The molecule has 5 heteroatoms. The van der Waals surface area contributed by atoms with Gasteiger partial charge < -0.3 is 15.1 Å². The third kappa shape index (κ3) is 4.30. The van der Waals surface area contributed by atoms with Gasteiger partial charge in [0.05, 0.1) is 0 Å². The quantitative estimate of drug-likeness (QED) is 0.920. The van der Waals surface area contributed by atoms with Crippen molar-refractivity contribution in [3.63, 3.8) is 0 Å². The van der Waals surface area contributed by atoms with Gasteiger partial charge in [0, 0.05) is 43.1 Å². The highest BCUT2D eigenvalue weighted by Gasteiger charge is 2.20. The van der Waals surface area contributed by atoms with Gasteiger partial charge in [0.15, 0.2) is 0 Å². The molecule has 0 saturated carbocycles. The average Bonchev–Trinajstić information content (AvgIpc) is 2.64. The van der Waals surface area contributed by atoms with E-state index in [9.17, 15) is 4.79 Å². The summed E-state index contributed by atoms with van der Waals surface area (Å²) in [6, 6.07) is 17.7. The van der Waals surface area contributed by atoms with E-state index in [2.05, 4.69) is 22.3 Å². The number of carbonyl (C=O) groups is 1. The number of nitrogens with one attached hydrogen (secondary N) is 1. The second-order valence-electron chi connectivity index (χ2n) is 5.64. The fourth-order valence-electron chi connectivity index (χ4n) is 2.68. The molecule has 2 amide bonds. The van der Waals surface area contributed by atoms with Crippen LogP contribution in [0.2, 0.25) is 5.02 Å². The van der Waals surface area contributed by atoms with E-state index in [4.69, 9.17) is 11.6 Å². The van der Waals surface area contributed by atoms with E-state index in [1.165, 1.54) is 5.69 Å². The van der Waals surface area contributed by atoms with E-state index in [0.717, 1.165) is 31.7 Å². The molecule has 2 aromatic rings. The SMILES string of the molecule is O=C(N/C=C/c1ccc(Cl)cc1)N1CCN(c2ccccc2)CC1. The van der Waals surface area contributed by atoms with Gasteiger partial charge >= 0.3 is 6.03 Å². The van der Waals surface area contributed by atoms with E-state index < -0.39 is 0 Å². The number of piperazine rings is 1. The summed E-state index contributed by atoms with van der Waals surface area (Å²) in [6.45, 7) is 3.13. The van der Waals surface area contributed by atoms with Crippen molar-refractivity contribution in [1.29, 1.82) is 0 Å². The summed E-state index contributed by atoms with van der Waals surface area (Å²) in [6.07, 6.45) is 3.53. The number of rotatable bonds is 3. The lowest BCUT2D eigenvalue weighted by atomic mass is 10.2. The maximum absolute atomic E-state index is 12.2. The Morgan fingerprint density at radius 2 is 1.62 bits per heavy atom. The summed E-state index contributed by atoms with van der Waals surface area (Å²) >= 11 is 5.85. The van der Waals surface area contributed by atoms with Crippen LogP contribution in [0.15, 0.2) is 60.8 Å². The molecule has 24 heavy (non-hydrogen) atoms. The van der Waals surface area contributed by atoms with Crippen LogP contribution in [0.5, 0.6) is 0 Å². The standard InChI is InChI=1S/C19H20ClN3O/c20-17-8-6-16(7-9-17)10-11-21-19(24)23-14-12-22(13-15-23)18-4-2-1-3-5-18/h1-11H,12-15H2,(H,21,24)/b11-10+. The molecule has 1 aliphatic rings. The van der Waals surface area contributed by atoms with Crippen LogP contribution in [0.3, 0.4) is 0 Å². The van der Waals surface area contributed by atoms with Crippen molar-refractivity contribution in [1.82, 2.24) is 10.2 Å². The Morgan fingerprint density at radius 3 is 2.29 bits per heavy atom. The Labute approximate surface area is 147 Å². The lowest BCUT2D eigenvalue weighted by Gasteiger charge is -2.35. The number of para-hydroxylation sites is 1. The average molecular weight is 342 g/mol. The highest BCUT2D eigenvalue weighted by atomic mass is 35.5. The fourth-order valence-corrected chi connectivity index (χ4v) is 2.81. The highest BCUT2D eigenvalue weighted by molar-refractivity contribution is 6.30. The zero-order chi connectivity index (χ0) is 16.8. The summed E-state index contributed by atoms with van der Waals surface area (Å²) in [5, 5.41) is 3.53. The molecule has 0 aliphatic carbocycles. The number of urea groups is 1. The van der Waals surface area contributed by atoms with Gasteiger partial charge in [-0.15, -0.1) is 0 Å². The maximum Gasteiger partial charge on any atom is 0.321 e. The monoisotopic (exact) mass is 341 g/mol. The number of amides is 2. The van der Waals surface area contributed by atoms with E-state index in [0.29, 0.717) is 5.02 Å². The van der Waals surface area contributed by atoms with Gasteiger partial charge in [-0.3, -0.25) is 0 Å². The molecule has 0 unspecified atom stereocenters. The third-order valence-electron chi connectivity index (χ3n) is 4.04. The second kappa shape index (κ2) is 7.88. The normalized spacial score (nSPS) is 14.9. The molecule has 1 N–H and O–H groups in total. The molecule has 1 aliphatic heterocycles. The van der Waals surface area contributed by atoms with Gasteiger partial charge in [0.2, 0.25) is 0 Å². The Balaban J connectivity index is 1.47. The molecule has 124 valence electrons. The van der Waals surface area contributed by atoms with Gasteiger partial charge in [0.1, 0.15) is 0 Å². The van der Waals surface area contributed by atoms with E-state index in [1.54, 1.807) is 6.20 Å². The molecule has 3 rings (SSSR count). The maximum atomic E-state index is 12.2. The van der Waals surface area contributed by atoms with Crippen LogP contribution >= 0.6 is 11.6 Å². The first kappa shape index (κ1) is 16.4. The molecule has 1 fully saturated rings. The number of anilines is 1. The van der Waals surface area contributed by atoms with Crippen LogP contribution in [0.25, 0.3) is 6.08 Å². The zero-order valence-electron chi connectivity index (χ0n) is 13.4. The molecule has 1 heterocycles. The summed E-state index contributed by atoms with van der Waals surface area (Å²) < 4.78 is 0.